The van der Waals surface area contributed by atoms with Gasteiger partial charge in [0.15, 0.2) is 0 Å². The van der Waals surface area contributed by atoms with Crippen LogP contribution in [0.15, 0.2) is 4.52 Å². The maximum absolute atomic E-state index is 12.1. The van der Waals surface area contributed by atoms with Crippen molar-refractivity contribution in [1.29, 1.82) is 0 Å². The molecule has 1 aliphatic rings. The van der Waals surface area contributed by atoms with Crippen LogP contribution in [0.1, 0.15) is 37.9 Å². The van der Waals surface area contributed by atoms with Gasteiger partial charge in [-0.15, -0.1) is 0 Å². The molecular weight excluding hydrogens is 246 g/mol. The van der Waals surface area contributed by atoms with Crippen LogP contribution < -0.4 is 0 Å². The number of alkyl halides is 2. The first-order valence-corrected chi connectivity index (χ1v) is 5.79. The van der Waals surface area contributed by atoms with Crippen molar-refractivity contribution in [2.75, 3.05) is 6.61 Å². The number of Topliss-reactive ketones (excluding diaryl/α,β-unsaturated/α-hetero) is 1. The molecule has 1 aromatic heterocycles. The standard InChI is InChI=1S/C11H14F2N2O3/c1-11(4-2-3-5-17-11)10-14-8(18-15-10)6-7(16)9(12)13/h9H,2-6H2,1H3. The Hall–Kier alpha value is -1.37. The van der Waals surface area contributed by atoms with Crippen LogP contribution in [0.25, 0.3) is 0 Å². The molecule has 0 radical (unpaired) electrons. The number of carbonyl (C=O) groups excluding carboxylic acids is 1. The lowest BCUT2D eigenvalue weighted by atomic mass is 9.95. The van der Waals surface area contributed by atoms with Gasteiger partial charge in [-0.25, -0.2) is 8.78 Å². The molecule has 0 saturated carbocycles. The zero-order valence-electron chi connectivity index (χ0n) is 9.99. The third-order valence-electron chi connectivity index (χ3n) is 2.98. The van der Waals surface area contributed by atoms with Crippen molar-refractivity contribution < 1.29 is 22.8 Å². The Morgan fingerprint density at radius 1 is 1.50 bits per heavy atom. The molecule has 2 rings (SSSR count). The van der Waals surface area contributed by atoms with Gasteiger partial charge >= 0.3 is 0 Å². The molecule has 5 nitrogen and oxygen atoms in total. The molecule has 0 N–H and O–H groups in total. The number of rotatable bonds is 4. The number of ketones is 1. The summed E-state index contributed by atoms with van der Waals surface area (Å²) in [5.41, 5.74) is -0.645. The zero-order chi connectivity index (χ0) is 13.2. The van der Waals surface area contributed by atoms with Crippen molar-refractivity contribution in [3.63, 3.8) is 0 Å². The predicted octanol–water partition coefficient (Wildman–Crippen LogP) is 1.86. The molecule has 100 valence electrons. The third-order valence-corrected chi connectivity index (χ3v) is 2.98. The molecule has 1 atom stereocenters. The highest BCUT2D eigenvalue weighted by atomic mass is 19.3. The van der Waals surface area contributed by atoms with Gasteiger partial charge in [0.05, 0.1) is 6.42 Å². The molecule has 1 aliphatic heterocycles. The van der Waals surface area contributed by atoms with E-state index < -0.39 is 24.2 Å². The van der Waals surface area contributed by atoms with Crippen molar-refractivity contribution in [2.45, 2.75) is 44.6 Å². The van der Waals surface area contributed by atoms with E-state index in [1.165, 1.54) is 0 Å². The monoisotopic (exact) mass is 260 g/mol. The Morgan fingerprint density at radius 2 is 2.28 bits per heavy atom. The number of hydrogen-bond acceptors (Lipinski definition) is 5. The lowest BCUT2D eigenvalue weighted by Gasteiger charge is -2.30. The summed E-state index contributed by atoms with van der Waals surface area (Å²) in [6, 6.07) is 0. The van der Waals surface area contributed by atoms with Crippen molar-refractivity contribution in [3.8, 4) is 0 Å². The van der Waals surface area contributed by atoms with E-state index in [-0.39, 0.29) is 5.89 Å². The smallest absolute Gasteiger partial charge is 0.296 e. The van der Waals surface area contributed by atoms with E-state index in [1.54, 1.807) is 0 Å². The van der Waals surface area contributed by atoms with Gasteiger partial charge in [0, 0.05) is 6.61 Å². The highest BCUT2D eigenvalue weighted by Crippen LogP contribution is 2.32. The van der Waals surface area contributed by atoms with Gasteiger partial charge in [-0.3, -0.25) is 4.79 Å². The second kappa shape index (κ2) is 5.09. The molecule has 0 spiro atoms. The Labute approximate surface area is 103 Å². The summed E-state index contributed by atoms with van der Waals surface area (Å²) >= 11 is 0. The van der Waals surface area contributed by atoms with Crippen LogP contribution in [0.4, 0.5) is 8.78 Å². The maximum Gasteiger partial charge on any atom is 0.296 e. The topological polar surface area (TPSA) is 65.2 Å². The molecule has 7 heteroatoms. The fourth-order valence-corrected chi connectivity index (χ4v) is 1.88. The van der Waals surface area contributed by atoms with Gasteiger partial charge in [-0.2, -0.15) is 4.98 Å². The second-order valence-corrected chi connectivity index (χ2v) is 4.49. The Balaban J connectivity index is 2.07. The summed E-state index contributed by atoms with van der Waals surface area (Å²) in [6.45, 7) is 2.44. The van der Waals surface area contributed by atoms with Crippen LogP contribution in [0.2, 0.25) is 0 Å². The van der Waals surface area contributed by atoms with E-state index in [0.29, 0.717) is 12.4 Å². The van der Waals surface area contributed by atoms with Crippen LogP contribution in [-0.2, 0) is 21.6 Å². The molecule has 18 heavy (non-hydrogen) atoms. The van der Waals surface area contributed by atoms with Crippen LogP contribution in [0.3, 0.4) is 0 Å². The Kier molecular flexibility index (Phi) is 3.70. The molecule has 0 bridgehead atoms. The average Bonchev–Trinajstić information content (AvgIpc) is 2.79. The maximum atomic E-state index is 12.1. The van der Waals surface area contributed by atoms with Crippen LogP contribution >= 0.6 is 0 Å². The van der Waals surface area contributed by atoms with Crippen LogP contribution in [0.5, 0.6) is 0 Å². The normalized spacial score (nSPS) is 24.4. The van der Waals surface area contributed by atoms with E-state index in [2.05, 4.69) is 10.1 Å². The second-order valence-electron chi connectivity index (χ2n) is 4.49. The van der Waals surface area contributed by atoms with E-state index in [1.807, 2.05) is 6.92 Å². The minimum atomic E-state index is -3.01. The van der Waals surface area contributed by atoms with Gasteiger partial charge in [-0.05, 0) is 26.2 Å². The minimum Gasteiger partial charge on any atom is -0.367 e. The van der Waals surface area contributed by atoms with Crippen molar-refractivity contribution in [3.05, 3.63) is 11.7 Å². The van der Waals surface area contributed by atoms with Crippen molar-refractivity contribution in [2.24, 2.45) is 0 Å². The van der Waals surface area contributed by atoms with Crippen molar-refractivity contribution >= 4 is 5.78 Å². The predicted molar refractivity (Wildman–Crippen MR) is 56.2 cm³/mol. The first-order chi connectivity index (χ1) is 8.51. The molecular formula is C11H14F2N2O3. The van der Waals surface area contributed by atoms with Gasteiger partial charge in [0.25, 0.3) is 6.43 Å². The molecule has 1 aromatic rings. The van der Waals surface area contributed by atoms with E-state index in [0.717, 1.165) is 19.3 Å². The van der Waals surface area contributed by atoms with Gasteiger partial charge in [0.2, 0.25) is 17.5 Å². The average molecular weight is 260 g/mol. The highest BCUT2D eigenvalue weighted by molar-refractivity contribution is 5.82. The summed E-state index contributed by atoms with van der Waals surface area (Å²) in [6.07, 6.45) is -0.849. The van der Waals surface area contributed by atoms with Gasteiger partial charge < -0.3 is 9.26 Å². The number of carbonyl (C=O) groups is 1. The van der Waals surface area contributed by atoms with Gasteiger partial charge in [-0.1, -0.05) is 5.16 Å². The number of halogens is 2. The van der Waals surface area contributed by atoms with Gasteiger partial charge in [0.1, 0.15) is 5.60 Å². The fraction of sp³-hybridized carbons (Fsp3) is 0.727. The summed E-state index contributed by atoms with van der Waals surface area (Å²) in [5, 5.41) is 3.72. The number of ether oxygens (including phenoxy) is 1. The van der Waals surface area contributed by atoms with Crippen LogP contribution in [-0.4, -0.2) is 29.0 Å². The largest absolute Gasteiger partial charge is 0.367 e. The van der Waals surface area contributed by atoms with E-state index in [4.69, 9.17) is 9.26 Å². The summed E-state index contributed by atoms with van der Waals surface area (Å²) in [5.74, 6) is -0.995. The Bertz CT molecular complexity index is 428. The molecule has 0 amide bonds. The highest BCUT2D eigenvalue weighted by Gasteiger charge is 2.35. The zero-order valence-corrected chi connectivity index (χ0v) is 9.99. The molecule has 0 aromatic carbocycles. The summed E-state index contributed by atoms with van der Waals surface area (Å²) < 4.78 is 34.6. The molecule has 1 unspecified atom stereocenters. The fourth-order valence-electron chi connectivity index (χ4n) is 1.88. The lowest BCUT2D eigenvalue weighted by molar-refractivity contribution is -0.129. The summed E-state index contributed by atoms with van der Waals surface area (Å²) in [4.78, 5) is 14.8. The first kappa shape index (κ1) is 13.1. The quantitative estimate of drug-likeness (QED) is 0.826. The number of nitrogens with zero attached hydrogens (tertiary/aromatic N) is 2. The molecule has 2 heterocycles. The minimum absolute atomic E-state index is 0.0919. The number of hydrogen-bond donors (Lipinski definition) is 0. The molecule has 0 aliphatic carbocycles. The Morgan fingerprint density at radius 3 is 2.89 bits per heavy atom. The van der Waals surface area contributed by atoms with Crippen LogP contribution in [0, 0.1) is 0 Å². The van der Waals surface area contributed by atoms with Crippen molar-refractivity contribution in [1.82, 2.24) is 10.1 Å². The molecule has 1 fully saturated rings. The lowest BCUT2D eigenvalue weighted by Crippen LogP contribution is -2.31. The summed E-state index contributed by atoms with van der Waals surface area (Å²) in [7, 11) is 0. The SMILES string of the molecule is CC1(c2noc(CC(=O)C(F)F)n2)CCCCO1. The molecule has 1 saturated heterocycles. The first-order valence-electron chi connectivity index (χ1n) is 5.79. The van der Waals surface area contributed by atoms with E-state index >= 15 is 0 Å². The third kappa shape index (κ3) is 2.72. The van der Waals surface area contributed by atoms with E-state index in [9.17, 15) is 13.6 Å². The number of aromatic nitrogens is 2.